The van der Waals surface area contributed by atoms with Crippen LogP contribution in [-0.4, -0.2) is 26.3 Å². The SMILES string of the molecule is Cc1[nH]c2ccccc2c1C(=O)C(=O)OCc1nc2ccccc2n1C(F)F. The van der Waals surface area contributed by atoms with E-state index in [9.17, 15) is 18.4 Å². The Bertz CT molecular complexity index is 1210. The Hall–Kier alpha value is -3.55. The number of H-pyrrole nitrogens is 1. The van der Waals surface area contributed by atoms with Crippen LogP contribution in [0.2, 0.25) is 0 Å². The summed E-state index contributed by atoms with van der Waals surface area (Å²) >= 11 is 0. The molecule has 0 aliphatic heterocycles. The maximum Gasteiger partial charge on any atom is 0.380 e. The van der Waals surface area contributed by atoms with E-state index in [0.29, 0.717) is 21.2 Å². The van der Waals surface area contributed by atoms with Crippen molar-refractivity contribution in [2.75, 3.05) is 0 Å². The molecule has 0 unspecified atom stereocenters. The highest BCUT2D eigenvalue weighted by Crippen LogP contribution is 2.25. The lowest BCUT2D eigenvalue weighted by Crippen LogP contribution is -2.19. The van der Waals surface area contributed by atoms with E-state index in [0.717, 1.165) is 5.52 Å². The molecule has 0 amide bonds. The van der Waals surface area contributed by atoms with Crippen molar-refractivity contribution in [3.05, 3.63) is 65.6 Å². The minimum atomic E-state index is -2.85. The Balaban J connectivity index is 1.59. The maximum absolute atomic E-state index is 13.4. The predicted octanol–water partition coefficient (Wildman–Crippen LogP) is 4.15. The van der Waals surface area contributed by atoms with E-state index in [1.165, 1.54) is 6.07 Å². The van der Waals surface area contributed by atoms with Crippen LogP contribution < -0.4 is 0 Å². The Labute approximate surface area is 157 Å². The van der Waals surface area contributed by atoms with Gasteiger partial charge in [0.25, 0.3) is 5.78 Å². The summed E-state index contributed by atoms with van der Waals surface area (Å²) in [6.45, 7) is -1.71. The molecule has 0 saturated heterocycles. The van der Waals surface area contributed by atoms with Gasteiger partial charge in [-0.2, -0.15) is 8.78 Å². The van der Waals surface area contributed by atoms with Crippen molar-refractivity contribution in [3.63, 3.8) is 0 Å². The molecule has 0 saturated carbocycles. The van der Waals surface area contributed by atoms with Gasteiger partial charge in [0.2, 0.25) is 0 Å². The number of imidazole rings is 1. The first-order valence-corrected chi connectivity index (χ1v) is 8.50. The molecule has 4 aromatic rings. The van der Waals surface area contributed by atoms with Gasteiger partial charge in [-0.3, -0.25) is 9.36 Å². The number of rotatable bonds is 5. The Morgan fingerprint density at radius 2 is 1.86 bits per heavy atom. The van der Waals surface area contributed by atoms with E-state index in [-0.39, 0.29) is 16.9 Å². The number of carbonyl (C=O) groups excluding carboxylic acids is 2. The van der Waals surface area contributed by atoms with E-state index in [4.69, 9.17) is 4.74 Å². The number of halogens is 2. The summed E-state index contributed by atoms with van der Waals surface area (Å²) in [5.74, 6) is -2.09. The van der Waals surface area contributed by atoms with E-state index in [1.807, 2.05) is 0 Å². The highest BCUT2D eigenvalue weighted by atomic mass is 19.3. The number of ketones is 1. The number of ether oxygens (including phenoxy) is 1. The number of nitrogens with one attached hydrogen (secondary N) is 1. The quantitative estimate of drug-likeness (QED) is 0.319. The summed E-state index contributed by atoms with van der Waals surface area (Å²) in [7, 11) is 0. The van der Waals surface area contributed by atoms with Gasteiger partial charge in [-0.1, -0.05) is 30.3 Å². The van der Waals surface area contributed by atoms with Crippen LogP contribution in [0.15, 0.2) is 48.5 Å². The van der Waals surface area contributed by atoms with Gasteiger partial charge in [0.15, 0.2) is 5.82 Å². The number of aromatic amines is 1. The molecule has 1 N–H and O–H groups in total. The van der Waals surface area contributed by atoms with Gasteiger partial charge < -0.3 is 9.72 Å². The van der Waals surface area contributed by atoms with Crippen molar-refractivity contribution in [1.82, 2.24) is 14.5 Å². The Kier molecular flexibility index (Phi) is 4.38. The molecule has 0 aliphatic rings. The number of aryl methyl sites for hydroxylation is 1. The minimum absolute atomic E-state index is 0.131. The van der Waals surface area contributed by atoms with E-state index >= 15 is 0 Å². The maximum atomic E-state index is 13.4. The molecule has 6 nitrogen and oxygen atoms in total. The summed E-state index contributed by atoms with van der Waals surface area (Å²) < 4.78 is 32.6. The number of benzene rings is 2. The minimum Gasteiger partial charge on any atom is -0.452 e. The molecule has 2 heterocycles. The Morgan fingerprint density at radius 1 is 1.14 bits per heavy atom. The van der Waals surface area contributed by atoms with Gasteiger partial charge in [-0.05, 0) is 25.1 Å². The third-order valence-corrected chi connectivity index (χ3v) is 4.50. The third kappa shape index (κ3) is 2.92. The van der Waals surface area contributed by atoms with Gasteiger partial charge in [-0.15, -0.1) is 0 Å². The van der Waals surface area contributed by atoms with Crippen LogP contribution in [0.25, 0.3) is 21.9 Å². The second kappa shape index (κ2) is 6.88. The lowest BCUT2D eigenvalue weighted by molar-refractivity contribution is -0.139. The zero-order valence-corrected chi connectivity index (χ0v) is 14.8. The molecule has 2 aromatic carbocycles. The largest absolute Gasteiger partial charge is 0.452 e. The fraction of sp³-hybridized carbons (Fsp3) is 0.150. The number of carbonyl (C=O) groups is 2. The zero-order chi connectivity index (χ0) is 19.8. The number of hydrogen-bond donors (Lipinski definition) is 1. The average molecular weight is 383 g/mol. The molecule has 142 valence electrons. The topological polar surface area (TPSA) is 77.0 Å². The van der Waals surface area contributed by atoms with Crippen molar-refractivity contribution < 1.29 is 23.1 Å². The van der Waals surface area contributed by atoms with Crippen molar-refractivity contribution in [3.8, 4) is 0 Å². The molecular formula is C20H15F2N3O3. The van der Waals surface area contributed by atoms with Crippen molar-refractivity contribution >= 4 is 33.7 Å². The van der Waals surface area contributed by atoms with Crippen molar-refractivity contribution in [2.24, 2.45) is 0 Å². The van der Waals surface area contributed by atoms with Gasteiger partial charge in [0, 0.05) is 16.6 Å². The van der Waals surface area contributed by atoms with Gasteiger partial charge in [0.1, 0.15) is 6.61 Å². The number of esters is 1. The number of alkyl halides is 2. The molecule has 0 aliphatic carbocycles. The predicted molar refractivity (Wildman–Crippen MR) is 98.1 cm³/mol. The smallest absolute Gasteiger partial charge is 0.380 e. The lowest BCUT2D eigenvalue weighted by atomic mass is 10.1. The first-order valence-electron chi connectivity index (χ1n) is 8.50. The van der Waals surface area contributed by atoms with Crippen LogP contribution in [0.4, 0.5) is 8.78 Å². The van der Waals surface area contributed by atoms with Gasteiger partial charge in [0.05, 0.1) is 16.6 Å². The summed E-state index contributed by atoms with van der Waals surface area (Å²) in [6.07, 6.45) is 0. The number of hydrogen-bond acceptors (Lipinski definition) is 4. The molecule has 0 fully saturated rings. The molecule has 4 rings (SSSR count). The van der Waals surface area contributed by atoms with Crippen LogP contribution >= 0.6 is 0 Å². The highest BCUT2D eigenvalue weighted by molar-refractivity contribution is 6.43. The summed E-state index contributed by atoms with van der Waals surface area (Å²) in [6, 6.07) is 13.4. The van der Waals surface area contributed by atoms with Crippen LogP contribution in [0, 0.1) is 6.92 Å². The standard InChI is InChI=1S/C20H15F2N3O3/c1-11-17(12-6-2-3-7-13(12)23-11)18(26)19(27)28-10-16-24-14-8-4-5-9-15(14)25(16)20(21)22/h2-9,20,23H,10H2,1H3. The summed E-state index contributed by atoms with van der Waals surface area (Å²) in [5.41, 5.74) is 2.04. The average Bonchev–Trinajstić information content (AvgIpc) is 3.22. The van der Waals surface area contributed by atoms with E-state index < -0.39 is 24.9 Å². The molecule has 2 aromatic heterocycles. The van der Waals surface area contributed by atoms with E-state index in [2.05, 4.69) is 9.97 Å². The zero-order valence-electron chi connectivity index (χ0n) is 14.8. The fourth-order valence-electron chi connectivity index (χ4n) is 3.28. The second-order valence-corrected chi connectivity index (χ2v) is 6.24. The molecular weight excluding hydrogens is 368 g/mol. The number of aromatic nitrogens is 3. The van der Waals surface area contributed by atoms with Crippen LogP contribution in [0.3, 0.4) is 0 Å². The van der Waals surface area contributed by atoms with Gasteiger partial charge >= 0.3 is 12.5 Å². The molecule has 0 bridgehead atoms. The molecule has 8 heteroatoms. The van der Waals surface area contributed by atoms with E-state index in [1.54, 1.807) is 49.4 Å². The first kappa shape index (κ1) is 17.8. The van der Waals surface area contributed by atoms with Crippen LogP contribution in [0.1, 0.15) is 28.4 Å². The van der Waals surface area contributed by atoms with Crippen LogP contribution in [0.5, 0.6) is 0 Å². The number of para-hydroxylation sites is 3. The lowest BCUT2D eigenvalue weighted by Gasteiger charge is -2.08. The van der Waals surface area contributed by atoms with Crippen molar-refractivity contribution in [2.45, 2.75) is 20.1 Å². The number of fused-ring (bicyclic) bond motifs is 2. The number of nitrogens with zero attached hydrogens (tertiary/aromatic N) is 2. The summed E-state index contributed by atoms with van der Waals surface area (Å²) in [5, 5.41) is 0.599. The fourth-order valence-corrected chi connectivity index (χ4v) is 3.28. The summed E-state index contributed by atoms with van der Waals surface area (Å²) in [4.78, 5) is 32.0. The normalized spacial score (nSPS) is 11.4. The molecule has 0 spiro atoms. The second-order valence-electron chi connectivity index (χ2n) is 6.24. The monoisotopic (exact) mass is 383 g/mol. The first-order chi connectivity index (χ1) is 13.5. The highest BCUT2D eigenvalue weighted by Gasteiger charge is 2.25. The van der Waals surface area contributed by atoms with Crippen molar-refractivity contribution in [1.29, 1.82) is 0 Å². The third-order valence-electron chi connectivity index (χ3n) is 4.50. The molecule has 0 radical (unpaired) electrons. The Morgan fingerprint density at radius 3 is 2.64 bits per heavy atom. The van der Waals surface area contributed by atoms with Gasteiger partial charge in [-0.25, -0.2) is 9.78 Å². The van der Waals surface area contributed by atoms with Crippen LogP contribution in [-0.2, 0) is 16.1 Å². The molecule has 0 atom stereocenters. The number of Topliss-reactive ketones (excluding diaryl/α,β-unsaturated/α-hetero) is 1. The molecule has 28 heavy (non-hydrogen) atoms.